The van der Waals surface area contributed by atoms with Crippen LogP contribution in [0.5, 0.6) is 0 Å². The van der Waals surface area contributed by atoms with Crippen LogP contribution >= 0.6 is 0 Å². The molecule has 4 heteroatoms. The molecule has 88 valence electrons. The number of likely N-dealkylation sites (tertiary alicyclic amines) is 1. The first-order valence-corrected chi connectivity index (χ1v) is 5.56. The van der Waals surface area contributed by atoms with Gasteiger partial charge in [-0.3, -0.25) is 4.79 Å². The molecule has 3 N–H and O–H groups in total. The lowest BCUT2D eigenvalue weighted by atomic mass is 9.92. The van der Waals surface area contributed by atoms with Crippen LogP contribution in [0.1, 0.15) is 27.2 Å². The second-order valence-electron chi connectivity index (χ2n) is 5.13. The summed E-state index contributed by atoms with van der Waals surface area (Å²) in [6.45, 7) is 7.29. The van der Waals surface area contributed by atoms with Crippen molar-refractivity contribution in [3.05, 3.63) is 0 Å². The molecule has 0 saturated carbocycles. The van der Waals surface area contributed by atoms with Crippen molar-refractivity contribution in [2.75, 3.05) is 19.6 Å². The summed E-state index contributed by atoms with van der Waals surface area (Å²) in [7, 11) is 0. The third-order valence-electron chi connectivity index (χ3n) is 3.28. The molecule has 1 rings (SSSR count). The van der Waals surface area contributed by atoms with Crippen LogP contribution < -0.4 is 5.73 Å². The largest absolute Gasteiger partial charge is 0.393 e. The lowest BCUT2D eigenvalue weighted by molar-refractivity contribution is -0.139. The summed E-state index contributed by atoms with van der Waals surface area (Å²) < 4.78 is 0. The minimum Gasteiger partial charge on any atom is -0.393 e. The summed E-state index contributed by atoms with van der Waals surface area (Å²) in [5.41, 5.74) is 5.09. The highest BCUT2D eigenvalue weighted by atomic mass is 16.3. The monoisotopic (exact) mass is 214 g/mol. The van der Waals surface area contributed by atoms with Crippen molar-refractivity contribution in [2.45, 2.75) is 33.3 Å². The molecule has 1 saturated heterocycles. The number of amides is 1. The zero-order valence-corrected chi connectivity index (χ0v) is 9.86. The van der Waals surface area contributed by atoms with E-state index < -0.39 is 5.41 Å². The van der Waals surface area contributed by atoms with Crippen LogP contribution in [-0.4, -0.2) is 41.7 Å². The van der Waals surface area contributed by atoms with Crippen LogP contribution in [0.2, 0.25) is 0 Å². The molecule has 1 fully saturated rings. The highest BCUT2D eigenvalue weighted by Crippen LogP contribution is 2.25. The van der Waals surface area contributed by atoms with Crippen LogP contribution in [0.25, 0.3) is 0 Å². The van der Waals surface area contributed by atoms with Gasteiger partial charge in [-0.1, -0.05) is 0 Å². The molecular weight excluding hydrogens is 192 g/mol. The Morgan fingerprint density at radius 2 is 2.27 bits per heavy atom. The van der Waals surface area contributed by atoms with Gasteiger partial charge in [0.2, 0.25) is 5.91 Å². The number of nitrogens with two attached hydrogens (primary N) is 1. The third-order valence-corrected chi connectivity index (χ3v) is 3.28. The number of rotatable bonds is 3. The molecular formula is C11H22N2O2. The van der Waals surface area contributed by atoms with Crippen LogP contribution in [0.15, 0.2) is 0 Å². The first-order chi connectivity index (χ1) is 6.88. The van der Waals surface area contributed by atoms with Gasteiger partial charge in [-0.2, -0.15) is 0 Å². The van der Waals surface area contributed by atoms with E-state index in [1.807, 2.05) is 18.7 Å². The Hall–Kier alpha value is -0.610. The van der Waals surface area contributed by atoms with E-state index in [1.165, 1.54) is 0 Å². The second kappa shape index (κ2) is 4.49. The van der Waals surface area contributed by atoms with E-state index in [4.69, 9.17) is 5.73 Å². The molecule has 1 heterocycles. The van der Waals surface area contributed by atoms with Crippen molar-refractivity contribution in [2.24, 2.45) is 17.1 Å². The Kier molecular flexibility index (Phi) is 3.73. The average Bonchev–Trinajstić information content (AvgIpc) is 2.65. The number of hydrogen-bond donors (Lipinski definition) is 2. The summed E-state index contributed by atoms with van der Waals surface area (Å²) in [5, 5.41) is 9.45. The number of aliphatic hydroxyl groups excluding tert-OH is 1. The predicted molar refractivity (Wildman–Crippen MR) is 59.2 cm³/mol. The quantitative estimate of drug-likeness (QED) is 0.705. The number of carbonyl (C=O) groups is 1. The van der Waals surface area contributed by atoms with Crippen molar-refractivity contribution in [1.29, 1.82) is 0 Å². The Balaban J connectivity index is 2.58. The lowest BCUT2D eigenvalue weighted by Crippen LogP contribution is -2.44. The van der Waals surface area contributed by atoms with Crippen molar-refractivity contribution in [1.82, 2.24) is 4.90 Å². The van der Waals surface area contributed by atoms with E-state index >= 15 is 0 Å². The zero-order chi connectivity index (χ0) is 11.6. The van der Waals surface area contributed by atoms with E-state index in [0.717, 1.165) is 13.0 Å². The third kappa shape index (κ3) is 2.69. The number of aliphatic hydroxyl groups is 1. The maximum Gasteiger partial charge on any atom is 0.229 e. The van der Waals surface area contributed by atoms with Crippen LogP contribution in [0.4, 0.5) is 0 Å². The molecule has 0 aromatic rings. The second-order valence-corrected chi connectivity index (χ2v) is 5.13. The molecule has 1 aliphatic rings. The minimum atomic E-state index is -0.479. The van der Waals surface area contributed by atoms with E-state index in [-0.39, 0.29) is 17.9 Å². The van der Waals surface area contributed by atoms with Crippen molar-refractivity contribution in [3.63, 3.8) is 0 Å². The molecule has 4 nitrogen and oxygen atoms in total. The highest BCUT2D eigenvalue weighted by Gasteiger charge is 2.35. The Labute approximate surface area is 91.4 Å². The van der Waals surface area contributed by atoms with Crippen molar-refractivity contribution < 1.29 is 9.90 Å². The van der Waals surface area contributed by atoms with E-state index in [9.17, 15) is 9.90 Å². The number of carbonyl (C=O) groups excluding carboxylic acids is 1. The predicted octanol–water partition coefficient (Wildman–Crippen LogP) is 0.201. The standard InChI is InChI=1S/C11H22N2O2/c1-8(14)9-4-5-13(6-9)10(15)11(2,3)7-12/h8-9,14H,4-7,12H2,1-3H3. The first-order valence-electron chi connectivity index (χ1n) is 5.56. The summed E-state index contributed by atoms with van der Waals surface area (Å²) in [5.74, 6) is 0.329. The Morgan fingerprint density at radius 1 is 1.67 bits per heavy atom. The SMILES string of the molecule is CC(O)C1CCN(C(=O)C(C)(C)CN)C1. The normalized spacial score (nSPS) is 24.3. The Morgan fingerprint density at radius 3 is 2.67 bits per heavy atom. The van der Waals surface area contributed by atoms with Gasteiger partial charge in [-0.25, -0.2) is 0 Å². The molecule has 0 aromatic heterocycles. The van der Waals surface area contributed by atoms with E-state index in [1.54, 1.807) is 6.92 Å². The fraction of sp³-hybridized carbons (Fsp3) is 0.909. The maximum absolute atomic E-state index is 12.0. The van der Waals surface area contributed by atoms with E-state index in [0.29, 0.717) is 13.1 Å². The zero-order valence-electron chi connectivity index (χ0n) is 9.86. The van der Waals surface area contributed by atoms with Gasteiger partial charge < -0.3 is 15.7 Å². The molecule has 0 aliphatic carbocycles. The van der Waals surface area contributed by atoms with Gasteiger partial charge >= 0.3 is 0 Å². The summed E-state index contributed by atoms with van der Waals surface area (Å²) in [6, 6.07) is 0. The van der Waals surface area contributed by atoms with Gasteiger partial charge in [0.15, 0.2) is 0 Å². The molecule has 0 aromatic carbocycles. The molecule has 1 aliphatic heterocycles. The fourth-order valence-electron chi connectivity index (χ4n) is 1.88. The van der Waals surface area contributed by atoms with Crippen molar-refractivity contribution >= 4 is 5.91 Å². The highest BCUT2D eigenvalue weighted by molar-refractivity contribution is 5.82. The number of nitrogens with zero attached hydrogens (tertiary/aromatic N) is 1. The summed E-state index contributed by atoms with van der Waals surface area (Å²) in [6.07, 6.45) is 0.563. The molecule has 15 heavy (non-hydrogen) atoms. The minimum absolute atomic E-state index is 0.105. The maximum atomic E-state index is 12.0. The molecule has 2 atom stereocenters. The van der Waals surface area contributed by atoms with Gasteiger partial charge in [0.05, 0.1) is 11.5 Å². The fourth-order valence-corrected chi connectivity index (χ4v) is 1.88. The van der Waals surface area contributed by atoms with Gasteiger partial charge in [0.1, 0.15) is 0 Å². The smallest absolute Gasteiger partial charge is 0.229 e. The van der Waals surface area contributed by atoms with Crippen LogP contribution in [0.3, 0.4) is 0 Å². The Bertz CT molecular complexity index is 239. The topological polar surface area (TPSA) is 66.6 Å². The number of hydrogen-bond acceptors (Lipinski definition) is 3. The van der Waals surface area contributed by atoms with Crippen LogP contribution in [-0.2, 0) is 4.79 Å². The molecule has 1 amide bonds. The molecule has 2 unspecified atom stereocenters. The summed E-state index contributed by atoms with van der Waals surface area (Å²) >= 11 is 0. The van der Waals surface area contributed by atoms with Gasteiger partial charge in [0, 0.05) is 25.6 Å². The van der Waals surface area contributed by atoms with Gasteiger partial charge in [-0.05, 0) is 27.2 Å². The van der Waals surface area contributed by atoms with Crippen molar-refractivity contribution in [3.8, 4) is 0 Å². The van der Waals surface area contributed by atoms with E-state index in [2.05, 4.69) is 0 Å². The van der Waals surface area contributed by atoms with Crippen LogP contribution in [0, 0.1) is 11.3 Å². The average molecular weight is 214 g/mol. The molecule has 0 radical (unpaired) electrons. The van der Waals surface area contributed by atoms with Gasteiger partial charge in [-0.15, -0.1) is 0 Å². The lowest BCUT2D eigenvalue weighted by Gasteiger charge is -2.28. The molecule has 0 bridgehead atoms. The summed E-state index contributed by atoms with van der Waals surface area (Å²) in [4.78, 5) is 13.9. The van der Waals surface area contributed by atoms with Gasteiger partial charge in [0.25, 0.3) is 0 Å². The molecule has 0 spiro atoms. The first kappa shape index (κ1) is 12.5.